The van der Waals surface area contributed by atoms with Gasteiger partial charge in [0.05, 0.1) is 20.9 Å². The van der Waals surface area contributed by atoms with Crippen molar-refractivity contribution in [1.82, 2.24) is 0 Å². The van der Waals surface area contributed by atoms with Crippen molar-refractivity contribution in [2.45, 2.75) is 52.0 Å². The molecule has 0 bridgehead atoms. The van der Waals surface area contributed by atoms with Crippen molar-refractivity contribution in [2.75, 3.05) is 6.56 Å². The van der Waals surface area contributed by atoms with E-state index in [-0.39, 0.29) is 17.2 Å². The van der Waals surface area contributed by atoms with Crippen molar-refractivity contribution in [1.29, 1.82) is 0 Å². The Kier molecular flexibility index (Phi) is 2.79. The molecule has 0 amide bonds. The summed E-state index contributed by atoms with van der Waals surface area (Å²) in [6.45, 7) is -4.70. The van der Waals surface area contributed by atoms with Crippen molar-refractivity contribution in [3.05, 3.63) is 29.8 Å². The minimum Gasteiger partial charge on any atom is -0.493 e. The third kappa shape index (κ3) is 5.21. The van der Waals surface area contributed by atoms with Gasteiger partial charge in [-0.2, -0.15) is 0 Å². The van der Waals surface area contributed by atoms with Crippen LogP contribution in [-0.4, -0.2) is 17.3 Å². The van der Waals surface area contributed by atoms with E-state index in [2.05, 4.69) is 0 Å². The highest BCUT2D eigenvalue weighted by Crippen LogP contribution is 2.24. The quantitative estimate of drug-likeness (QED) is 0.801. The molecule has 0 aromatic heterocycles. The second kappa shape index (κ2) is 6.92. The third-order valence-corrected chi connectivity index (χ3v) is 2.79. The monoisotopic (exact) mass is 273 g/mol. The average molecular weight is 273 g/mol. The summed E-state index contributed by atoms with van der Waals surface area (Å²) in [5.41, 5.74) is 2.78. The standard InChI is InChI=1S/C16H27NO2/c1-5-6-12(2)11-19-14-9-7-13(8-10-14)15(17)16(3,4)18/h7-10,12,15,18H,5-6,11,17H2,1-4H3/t12-,15-/m1/s1/i3D3,4D3,11D2. The molecule has 0 saturated heterocycles. The molecule has 0 spiro atoms. The first-order valence-corrected chi connectivity index (χ1v) is 6.35. The lowest BCUT2D eigenvalue weighted by Crippen LogP contribution is -2.34. The molecule has 1 rings (SSSR count). The van der Waals surface area contributed by atoms with E-state index in [1.54, 1.807) is 6.92 Å². The molecule has 2 atom stereocenters. The molecule has 0 radical (unpaired) electrons. The fourth-order valence-corrected chi connectivity index (χ4v) is 1.64. The average Bonchev–Trinajstić information content (AvgIpc) is 2.51. The zero-order chi connectivity index (χ0) is 21.3. The lowest BCUT2D eigenvalue weighted by Gasteiger charge is -2.26. The predicted octanol–water partition coefficient (Wildman–Crippen LogP) is 3.27. The van der Waals surface area contributed by atoms with Gasteiger partial charge in [0.25, 0.3) is 0 Å². The molecule has 0 aliphatic rings. The van der Waals surface area contributed by atoms with E-state index in [0.717, 1.165) is 6.42 Å². The molecule has 19 heavy (non-hydrogen) atoms. The molecule has 0 fully saturated rings. The number of hydrogen-bond donors (Lipinski definition) is 2. The highest BCUT2D eigenvalue weighted by Gasteiger charge is 2.24. The summed E-state index contributed by atoms with van der Waals surface area (Å²) in [7, 11) is 0. The Morgan fingerprint density at radius 3 is 2.58 bits per heavy atom. The molecule has 3 heteroatoms. The Morgan fingerprint density at radius 2 is 2.05 bits per heavy atom. The summed E-state index contributed by atoms with van der Waals surface area (Å²) >= 11 is 0. The van der Waals surface area contributed by atoms with E-state index in [0.29, 0.717) is 6.42 Å². The number of nitrogens with two attached hydrogens (primary N) is 1. The van der Waals surface area contributed by atoms with Crippen LogP contribution in [0.5, 0.6) is 5.75 Å². The molecule has 3 N–H and O–H groups in total. The molecular weight excluding hydrogens is 238 g/mol. The molecular formula is C16H27NO2. The maximum absolute atomic E-state index is 10.5. The summed E-state index contributed by atoms with van der Waals surface area (Å²) in [5, 5.41) is 10.5. The third-order valence-electron chi connectivity index (χ3n) is 2.79. The highest BCUT2D eigenvalue weighted by molar-refractivity contribution is 5.30. The van der Waals surface area contributed by atoms with E-state index in [9.17, 15) is 5.11 Å². The fourth-order valence-electron chi connectivity index (χ4n) is 1.64. The Bertz CT molecular complexity index is 598. The number of hydrogen-bond acceptors (Lipinski definition) is 3. The van der Waals surface area contributed by atoms with Crippen LogP contribution in [0.3, 0.4) is 0 Å². The van der Waals surface area contributed by atoms with Crippen molar-refractivity contribution >= 4 is 0 Å². The molecule has 0 heterocycles. The number of ether oxygens (including phenoxy) is 1. The number of rotatable bonds is 7. The van der Waals surface area contributed by atoms with Gasteiger partial charge in [-0.05, 0) is 43.7 Å². The topological polar surface area (TPSA) is 55.5 Å². The minimum absolute atomic E-state index is 0.0827. The Hall–Kier alpha value is -1.06. The van der Waals surface area contributed by atoms with Gasteiger partial charge in [0.15, 0.2) is 0 Å². The van der Waals surface area contributed by atoms with Gasteiger partial charge in [0.1, 0.15) is 5.75 Å². The summed E-state index contributed by atoms with van der Waals surface area (Å²) in [5.74, 6) is -0.161. The van der Waals surface area contributed by atoms with E-state index in [1.807, 2.05) is 6.92 Å². The fraction of sp³-hybridized carbons (Fsp3) is 0.625. The van der Waals surface area contributed by atoms with Gasteiger partial charge in [-0.15, -0.1) is 0 Å². The molecule has 1 aromatic carbocycles. The van der Waals surface area contributed by atoms with Gasteiger partial charge in [0.2, 0.25) is 0 Å². The zero-order valence-corrected chi connectivity index (χ0v) is 11.3. The van der Waals surface area contributed by atoms with Crippen LogP contribution in [0, 0.1) is 5.92 Å². The summed E-state index contributed by atoms with van der Waals surface area (Å²) in [4.78, 5) is 0. The highest BCUT2D eigenvalue weighted by atomic mass is 16.5. The number of benzene rings is 1. The maximum Gasteiger partial charge on any atom is 0.119 e. The van der Waals surface area contributed by atoms with Crippen LogP contribution < -0.4 is 10.5 Å². The summed E-state index contributed by atoms with van der Waals surface area (Å²) in [6.07, 6.45) is 1.45. The number of aliphatic hydroxyl groups is 1. The minimum atomic E-state index is -3.24. The van der Waals surface area contributed by atoms with Crippen LogP contribution in [0.4, 0.5) is 0 Å². The lowest BCUT2D eigenvalue weighted by atomic mass is 9.93. The van der Waals surface area contributed by atoms with Crippen LogP contribution in [-0.2, 0) is 0 Å². The molecule has 3 nitrogen and oxygen atoms in total. The largest absolute Gasteiger partial charge is 0.493 e. The van der Waals surface area contributed by atoms with E-state index in [4.69, 9.17) is 21.4 Å². The second-order valence-electron chi connectivity index (χ2n) is 4.72. The van der Waals surface area contributed by atoms with Crippen LogP contribution in [0.25, 0.3) is 0 Å². The predicted molar refractivity (Wildman–Crippen MR) is 79.2 cm³/mol. The lowest BCUT2D eigenvalue weighted by molar-refractivity contribution is 0.0517. The first-order valence-electron chi connectivity index (χ1n) is 10.3. The Balaban J connectivity index is 3.11. The molecule has 0 aliphatic carbocycles. The SMILES string of the molecule is [2H]C([2H])(Oc1ccc([C@@H](N)C(O)(C([2H])([2H])[2H])C([2H])([2H])[2H])cc1)[C@H](C)CCC. The van der Waals surface area contributed by atoms with Gasteiger partial charge in [-0.25, -0.2) is 0 Å². The molecule has 0 unspecified atom stereocenters. The van der Waals surface area contributed by atoms with Gasteiger partial charge in [-0.3, -0.25) is 0 Å². The van der Waals surface area contributed by atoms with E-state index in [1.165, 1.54) is 24.3 Å². The molecule has 0 aliphatic heterocycles. The second-order valence-corrected chi connectivity index (χ2v) is 4.72. The molecule has 1 aromatic rings. The van der Waals surface area contributed by atoms with Crippen molar-refractivity contribution in [3.63, 3.8) is 0 Å². The maximum atomic E-state index is 10.5. The van der Waals surface area contributed by atoms with Crippen LogP contribution in [0.1, 0.15) is 63.0 Å². The smallest absolute Gasteiger partial charge is 0.119 e. The van der Waals surface area contributed by atoms with Gasteiger partial charge >= 0.3 is 0 Å². The van der Waals surface area contributed by atoms with E-state index >= 15 is 0 Å². The first kappa shape index (κ1) is 7.65. The van der Waals surface area contributed by atoms with Crippen molar-refractivity contribution < 1.29 is 20.8 Å². The summed E-state index contributed by atoms with van der Waals surface area (Å²) in [6, 6.07) is 3.67. The van der Waals surface area contributed by atoms with Crippen molar-refractivity contribution in [3.8, 4) is 5.75 Å². The van der Waals surface area contributed by atoms with Crippen LogP contribution in [0.15, 0.2) is 24.3 Å². The first-order chi connectivity index (χ1) is 12.1. The Morgan fingerprint density at radius 1 is 1.42 bits per heavy atom. The van der Waals surface area contributed by atoms with Gasteiger partial charge in [-0.1, -0.05) is 32.4 Å². The Labute approximate surface area is 128 Å². The van der Waals surface area contributed by atoms with E-state index < -0.39 is 31.9 Å². The summed E-state index contributed by atoms with van der Waals surface area (Å²) < 4.78 is 66.0. The molecule has 0 saturated carbocycles. The van der Waals surface area contributed by atoms with Crippen molar-refractivity contribution in [2.24, 2.45) is 11.7 Å². The molecule has 108 valence electrons. The van der Waals surface area contributed by atoms with Gasteiger partial charge in [0, 0.05) is 8.22 Å². The normalized spacial score (nSPS) is 23.4. The van der Waals surface area contributed by atoms with Gasteiger partial charge < -0.3 is 15.6 Å². The van der Waals surface area contributed by atoms with Crippen LogP contribution in [0.2, 0.25) is 0 Å². The zero-order valence-electron chi connectivity index (χ0n) is 19.3. The van der Waals surface area contributed by atoms with Crippen LogP contribution >= 0.6 is 0 Å².